The zero-order valence-electron chi connectivity index (χ0n) is 9.70. The first-order valence-corrected chi connectivity index (χ1v) is 6.34. The van der Waals surface area contributed by atoms with Crippen LogP contribution in [0.4, 0.5) is 4.39 Å². The molecule has 0 fully saturated rings. The Bertz CT molecular complexity index is 545. The van der Waals surface area contributed by atoms with Gasteiger partial charge in [-0.3, -0.25) is 0 Å². The number of hydrogen-bond acceptors (Lipinski definition) is 2. The molecule has 0 amide bonds. The summed E-state index contributed by atoms with van der Waals surface area (Å²) in [5.74, 6) is 0.416. The molecule has 0 aliphatic carbocycles. The molecule has 2 N–H and O–H groups in total. The third kappa shape index (κ3) is 3.31. The first-order valence-electron chi connectivity index (χ1n) is 5.55. The van der Waals surface area contributed by atoms with Crippen LogP contribution in [0.15, 0.2) is 46.9 Å². The van der Waals surface area contributed by atoms with E-state index in [4.69, 9.17) is 10.5 Å². The van der Waals surface area contributed by atoms with Crippen LogP contribution in [0.1, 0.15) is 11.1 Å². The maximum Gasteiger partial charge on any atom is 0.130 e. The summed E-state index contributed by atoms with van der Waals surface area (Å²) in [7, 11) is 0. The highest BCUT2D eigenvalue weighted by atomic mass is 79.9. The van der Waals surface area contributed by atoms with Crippen molar-refractivity contribution in [1.82, 2.24) is 0 Å². The molecule has 0 bridgehead atoms. The molecule has 0 unspecified atom stereocenters. The largest absolute Gasteiger partial charge is 0.489 e. The molecule has 0 radical (unpaired) electrons. The van der Waals surface area contributed by atoms with Gasteiger partial charge in [-0.15, -0.1) is 0 Å². The van der Waals surface area contributed by atoms with Crippen molar-refractivity contribution in [2.24, 2.45) is 5.73 Å². The van der Waals surface area contributed by atoms with Crippen molar-refractivity contribution in [2.75, 3.05) is 0 Å². The van der Waals surface area contributed by atoms with Crippen molar-refractivity contribution >= 4 is 15.9 Å². The highest BCUT2D eigenvalue weighted by Gasteiger charge is 2.04. The number of ether oxygens (including phenoxy) is 1. The van der Waals surface area contributed by atoms with Gasteiger partial charge in [0.2, 0.25) is 0 Å². The fraction of sp³-hybridized carbons (Fsp3) is 0.143. The Kier molecular flexibility index (Phi) is 4.33. The molecule has 0 atom stereocenters. The molecule has 0 saturated carbocycles. The number of hydrogen-bond donors (Lipinski definition) is 1. The Morgan fingerprint density at radius 2 is 2.00 bits per heavy atom. The van der Waals surface area contributed by atoms with Crippen LogP contribution in [0, 0.1) is 5.82 Å². The summed E-state index contributed by atoms with van der Waals surface area (Å²) in [5, 5.41) is 0. The molecule has 0 heterocycles. The van der Waals surface area contributed by atoms with E-state index in [0.717, 1.165) is 5.56 Å². The molecule has 0 spiro atoms. The van der Waals surface area contributed by atoms with Crippen molar-refractivity contribution < 1.29 is 9.13 Å². The summed E-state index contributed by atoms with van der Waals surface area (Å²) >= 11 is 3.22. The zero-order valence-corrected chi connectivity index (χ0v) is 11.3. The molecule has 0 aliphatic heterocycles. The van der Waals surface area contributed by atoms with Crippen molar-refractivity contribution in [3.8, 4) is 5.75 Å². The summed E-state index contributed by atoms with van der Waals surface area (Å²) < 4.78 is 19.8. The van der Waals surface area contributed by atoms with Crippen LogP contribution in [0.5, 0.6) is 5.75 Å². The maximum atomic E-state index is 13.6. The maximum absolute atomic E-state index is 13.6. The highest BCUT2D eigenvalue weighted by molar-refractivity contribution is 9.10. The average Bonchev–Trinajstić information content (AvgIpc) is 2.38. The van der Waals surface area contributed by atoms with Gasteiger partial charge in [0.1, 0.15) is 18.2 Å². The summed E-state index contributed by atoms with van der Waals surface area (Å²) in [6.07, 6.45) is 0. The minimum absolute atomic E-state index is 0.202. The number of benzene rings is 2. The lowest BCUT2D eigenvalue weighted by Gasteiger charge is -2.08. The van der Waals surface area contributed by atoms with Crippen molar-refractivity contribution in [1.29, 1.82) is 0 Å². The fourth-order valence-electron chi connectivity index (χ4n) is 1.56. The lowest BCUT2D eigenvalue weighted by molar-refractivity contribution is 0.299. The number of nitrogens with two attached hydrogens (primary N) is 1. The second-order valence-electron chi connectivity index (χ2n) is 3.88. The summed E-state index contributed by atoms with van der Waals surface area (Å²) in [6.45, 7) is 0.664. The van der Waals surface area contributed by atoms with Crippen LogP contribution in [0.25, 0.3) is 0 Å². The Labute approximate surface area is 114 Å². The molecule has 0 aliphatic rings. The molecule has 2 aromatic carbocycles. The van der Waals surface area contributed by atoms with Crippen molar-refractivity contribution in [3.63, 3.8) is 0 Å². The predicted molar refractivity (Wildman–Crippen MR) is 72.8 cm³/mol. The summed E-state index contributed by atoms with van der Waals surface area (Å²) in [6, 6.07) is 12.4. The molecule has 0 saturated heterocycles. The van der Waals surface area contributed by atoms with Gasteiger partial charge in [-0.05, 0) is 29.8 Å². The summed E-state index contributed by atoms with van der Waals surface area (Å²) in [4.78, 5) is 0. The van der Waals surface area contributed by atoms with Gasteiger partial charge in [0, 0.05) is 16.6 Å². The van der Waals surface area contributed by atoms with E-state index < -0.39 is 0 Å². The molecule has 2 rings (SSSR count). The van der Waals surface area contributed by atoms with E-state index in [-0.39, 0.29) is 12.4 Å². The first-order chi connectivity index (χ1) is 8.69. The van der Waals surface area contributed by atoms with Gasteiger partial charge >= 0.3 is 0 Å². The normalized spacial score (nSPS) is 10.4. The average molecular weight is 310 g/mol. The smallest absolute Gasteiger partial charge is 0.130 e. The fourth-order valence-corrected chi connectivity index (χ4v) is 1.90. The highest BCUT2D eigenvalue weighted by Crippen LogP contribution is 2.18. The minimum Gasteiger partial charge on any atom is -0.489 e. The Balaban J connectivity index is 2.06. The van der Waals surface area contributed by atoms with Gasteiger partial charge in [-0.25, -0.2) is 4.39 Å². The molecular formula is C14H13BrFNO. The minimum atomic E-state index is -0.278. The van der Waals surface area contributed by atoms with Crippen LogP contribution < -0.4 is 10.5 Å². The van der Waals surface area contributed by atoms with Gasteiger partial charge in [-0.1, -0.05) is 34.1 Å². The zero-order chi connectivity index (χ0) is 13.0. The monoisotopic (exact) mass is 309 g/mol. The van der Waals surface area contributed by atoms with Gasteiger partial charge in [0.15, 0.2) is 0 Å². The van der Waals surface area contributed by atoms with Crippen LogP contribution in [-0.2, 0) is 13.2 Å². The van der Waals surface area contributed by atoms with Crippen LogP contribution >= 0.6 is 15.9 Å². The quantitative estimate of drug-likeness (QED) is 0.936. The number of rotatable bonds is 4. The van der Waals surface area contributed by atoms with Crippen LogP contribution in [0.3, 0.4) is 0 Å². The van der Waals surface area contributed by atoms with E-state index >= 15 is 0 Å². The molecule has 0 aromatic heterocycles. The van der Waals surface area contributed by atoms with Crippen molar-refractivity contribution in [3.05, 3.63) is 63.9 Å². The molecule has 94 valence electrons. The Hall–Kier alpha value is -1.39. The van der Waals surface area contributed by atoms with E-state index in [2.05, 4.69) is 15.9 Å². The predicted octanol–water partition coefficient (Wildman–Crippen LogP) is 3.63. The van der Waals surface area contributed by atoms with Gasteiger partial charge < -0.3 is 10.5 Å². The topological polar surface area (TPSA) is 35.2 Å². The number of halogens is 2. The van der Waals surface area contributed by atoms with Crippen LogP contribution in [-0.4, -0.2) is 0 Å². The second kappa shape index (κ2) is 5.98. The Morgan fingerprint density at radius 3 is 2.72 bits per heavy atom. The molecule has 2 nitrogen and oxygen atoms in total. The first kappa shape index (κ1) is 13.1. The second-order valence-corrected chi connectivity index (χ2v) is 4.79. The van der Waals surface area contributed by atoms with E-state index in [1.165, 1.54) is 6.07 Å². The van der Waals surface area contributed by atoms with Crippen LogP contribution in [0.2, 0.25) is 0 Å². The molecular weight excluding hydrogens is 297 g/mol. The third-order valence-corrected chi connectivity index (χ3v) is 3.04. The molecule has 2 aromatic rings. The molecule has 4 heteroatoms. The lowest BCUT2D eigenvalue weighted by atomic mass is 10.2. The molecule has 18 heavy (non-hydrogen) atoms. The summed E-state index contributed by atoms with van der Waals surface area (Å²) in [5.41, 5.74) is 7.06. The van der Waals surface area contributed by atoms with Gasteiger partial charge in [0.25, 0.3) is 0 Å². The Morgan fingerprint density at radius 1 is 1.17 bits per heavy atom. The van der Waals surface area contributed by atoms with Crippen molar-refractivity contribution in [2.45, 2.75) is 13.2 Å². The lowest BCUT2D eigenvalue weighted by Crippen LogP contribution is -2.00. The third-order valence-electron chi connectivity index (χ3n) is 2.54. The van der Waals surface area contributed by atoms with E-state index in [0.29, 0.717) is 22.3 Å². The van der Waals surface area contributed by atoms with E-state index in [1.54, 1.807) is 12.1 Å². The van der Waals surface area contributed by atoms with E-state index in [1.807, 2.05) is 24.3 Å². The van der Waals surface area contributed by atoms with Gasteiger partial charge in [-0.2, -0.15) is 0 Å². The van der Waals surface area contributed by atoms with Gasteiger partial charge in [0.05, 0.1) is 0 Å². The SMILES string of the molecule is NCc1cccc(OCc2ccc(Br)cc2F)c1. The van der Waals surface area contributed by atoms with E-state index in [9.17, 15) is 4.39 Å². The standard InChI is InChI=1S/C14H13BrFNO/c15-12-5-4-11(14(16)7-12)9-18-13-3-1-2-10(6-13)8-17/h1-7H,8-9,17H2.